The van der Waals surface area contributed by atoms with Crippen molar-refractivity contribution in [3.63, 3.8) is 0 Å². The van der Waals surface area contributed by atoms with E-state index in [9.17, 15) is 8.78 Å². The zero-order valence-electron chi connectivity index (χ0n) is 9.61. The average Bonchev–Trinajstić information content (AvgIpc) is 2.34. The van der Waals surface area contributed by atoms with Gasteiger partial charge in [-0.1, -0.05) is 0 Å². The predicted octanol–water partition coefficient (Wildman–Crippen LogP) is 3.35. The zero-order chi connectivity index (χ0) is 13.1. The van der Waals surface area contributed by atoms with Gasteiger partial charge in [-0.25, -0.2) is 8.78 Å². The SMILES string of the molecule is COc1ccc(Oc2cc(F)ccc2F)cc1N. The minimum Gasteiger partial charge on any atom is -0.495 e. The van der Waals surface area contributed by atoms with Gasteiger partial charge in [0.1, 0.15) is 17.3 Å². The molecule has 0 unspecified atom stereocenters. The fourth-order valence-corrected chi connectivity index (χ4v) is 1.46. The Morgan fingerprint density at radius 1 is 1.00 bits per heavy atom. The second-order valence-electron chi connectivity index (χ2n) is 3.58. The lowest BCUT2D eigenvalue weighted by Crippen LogP contribution is -1.94. The van der Waals surface area contributed by atoms with Crippen LogP contribution in [0.3, 0.4) is 0 Å². The molecular formula is C13H11F2NO2. The number of hydrogen-bond donors (Lipinski definition) is 1. The first-order chi connectivity index (χ1) is 8.60. The number of anilines is 1. The van der Waals surface area contributed by atoms with E-state index >= 15 is 0 Å². The van der Waals surface area contributed by atoms with Crippen molar-refractivity contribution in [2.24, 2.45) is 0 Å². The molecule has 0 bridgehead atoms. The van der Waals surface area contributed by atoms with Crippen molar-refractivity contribution in [3.8, 4) is 17.2 Å². The molecule has 5 heteroatoms. The molecule has 0 heterocycles. The molecule has 0 aliphatic heterocycles. The number of ether oxygens (including phenoxy) is 2. The van der Waals surface area contributed by atoms with E-state index in [0.29, 0.717) is 17.2 Å². The second kappa shape index (κ2) is 4.91. The molecule has 0 aliphatic carbocycles. The standard InChI is InChI=1S/C13H11F2NO2/c1-17-12-5-3-9(7-11(12)16)18-13-6-8(14)2-4-10(13)15/h2-7H,16H2,1H3. The molecule has 94 valence electrons. The monoisotopic (exact) mass is 251 g/mol. The Kier molecular flexibility index (Phi) is 3.32. The largest absolute Gasteiger partial charge is 0.495 e. The lowest BCUT2D eigenvalue weighted by molar-refractivity contribution is 0.413. The third-order valence-corrected chi connectivity index (χ3v) is 2.32. The molecule has 0 amide bonds. The van der Waals surface area contributed by atoms with Gasteiger partial charge >= 0.3 is 0 Å². The van der Waals surface area contributed by atoms with E-state index in [1.54, 1.807) is 12.1 Å². The van der Waals surface area contributed by atoms with Gasteiger partial charge < -0.3 is 15.2 Å². The maximum Gasteiger partial charge on any atom is 0.165 e. The van der Waals surface area contributed by atoms with Gasteiger partial charge in [-0.05, 0) is 24.3 Å². The highest BCUT2D eigenvalue weighted by Gasteiger charge is 2.08. The van der Waals surface area contributed by atoms with Crippen LogP contribution in [0.1, 0.15) is 0 Å². The molecule has 18 heavy (non-hydrogen) atoms. The first-order valence-electron chi connectivity index (χ1n) is 5.16. The number of rotatable bonds is 3. The highest BCUT2D eigenvalue weighted by Crippen LogP contribution is 2.30. The number of nitrogens with two attached hydrogens (primary N) is 1. The first kappa shape index (κ1) is 12.2. The van der Waals surface area contributed by atoms with Crippen LogP contribution in [0.15, 0.2) is 36.4 Å². The van der Waals surface area contributed by atoms with Crippen LogP contribution in [-0.2, 0) is 0 Å². The van der Waals surface area contributed by atoms with Gasteiger partial charge in [0.15, 0.2) is 11.6 Å². The van der Waals surface area contributed by atoms with E-state index in [0.717, 1.165) is 18.2 Å². The summed E-state index contributed by atoms with van der Waals surface area (Å²) in [6, 6.07) is 7.60. The fraction of sp³-hybridized carbons (Fsp3) is 0.0769. The molecule has 0 atom stereocenters. The van der Waals surface area contributed by atoms with E-state index < -0.39 is 11.6 Å². The molecule has 0 radical (unpaired) electrons. The van der Waals surface area contributed by atoms with E-state index in [4.69, 9.17) is 15.2 Å². The lowest BCUT2D eigenvalue weighted by atomic mass is 10.2. The van der Waals surface area contributed by atoms with Crippen LogP contribution in [0, 0.1) is 11.6 Å². The van der Waals surface area contributed by atoms with Crippen molar-refractivity contribution < 1.29 is 18.3 Å². The quantitative estimate of drug-likeness (QED) is 0.851. The Bertz CT molecular complexity index is 573. The van der Waals surface area contributed by atoms with Crippen LogP contribution in [0.4, 0.5) is 14.5 Å². The van der Waals surface area contributed by atoms with Crippen LogP contribution in [0.2, 0.25) is 0 Å². The van der Waals surface area contributed by atoms with Gasteiger partial charge in [0, 0.05) is 12.1 Å². The van der Waals surface area contributed by atoms with Crippen LogP contribution >= 0.6 is 0 Å². The Morgan fingerprint density at radius 3 is 2.44 bits per heavy atom. The molecule has 2 aromatic rings. The smallest absolute Gasteiger partial charge is 0.165 e. The van der Waals surface area contributed by atoms with Gasteiger partial charge in [-0.2, -0.15) is 0 Å². The molecule has 2 N–H and O–H groups in total. The summed E-state index contributed by atoms with van der Waals surface area (Å²) in [6.45, 7) is 0. The Balaban J connectivity index is 2.28. The Hall–Kier alpha value is -2.30. The van der Waals surface area contributed by atoms with Crippen LogP contribution in [-0.4, -0.2) is 7.11 Å². The maximum absolute atomic E-state index is 13.4. The summed E-state index contributed by atoms with van der Waals surface area (Å²) in [4.78, 5) is 0. The number of nitrogen functional groups attached to an aromatic ring is 1. The highest BCUT2D eigenvalue weighted by atomic mass is 19.1. The van der Waals surface area contributed by atoms with E-state index in [1.165, 1.54) is 13.2 Å². The van der Waals surface area contributed by atoms with Gasteiger partial charge in [-0.3, -0.25) is 0 Å². The van der Waals surface area contributed by atoms with Gasteiger partial charge in [-0.15, -0.1) is 0 Å². The lowest BCUT2D eigenvalue weighted by Gasteiger charge is -2.09. The summed E-state index contributed by atoms with van der Waals surface area (Å²) in [5.41, 5.74) is 6.03. The minimum atomic E-state index is -0.647. The number of benzene rings is 2. The first-order valence-corrected chi connectivity index (χ1v) is 5.16. The normalized spacial score (nSPS) is 10.2. The van der Waals surface area contributed by atoms with E-state index in [-0.39, 0.29) is 5.75 Å². The average molecular weight is 251 g/mol. The molecule has 0 saturated carbocycles. The summed E-state index contributed by atoms with van der Waals surface area (Å²) >= 11 is 0. The van der Waals surface area contributed by atoms with Crippen molar-refractivity contribution in [1.82, 2.24) is 0 Å². The number of halogens is 2. The molecule has 3 nitrogen and oxygen atoms in total. The molecule has 0 spiro atoms. The van der Waals surface area contributed by atoms with Crippen molar-refractivity contribution in [1.29, 1.82) is 0 Å². The molecule has 0 saturated heterocycles. The van der Waals surface area contributed by atoms with Crippen LogP contribution in [0.25, 0.3) is 0 Å². The topological polar surface area (TPSA) is 44.5 Å². The molecule has 0 fully saturated rings. The predicted molar refractivity (Wildman–Crippen MR) is 63.8 cm³/mol. The molecule has 2 rings (SSSR count). The summed E-state index contributed by atoms with van der Waals surface area (Å²) in [6.07, 6.45) is 0. The van der Waals surface area contributed by atoms with Crippen molar-refractivity contribution >= 4 is 5.69 Å². The maximum atomic E-state index is 13.4. The number of methoxy groups -OCH3 is 1. The third-order valence-electron chi connectivity index (χ3n) is 2.32. The van der Waals surface area contributed by atoms with Crippen LogP contribution in [0.5, 0.6) is 17.2 Å². The molecule has 0 aliphatic rings. The molecular weight excluding hydrogens is 240 g/mol. The van der Waals surface area contributed by atoms with Gasteiger partial charge in [0.25, 0.3) is 0 Å². The summed E-state index contributed by atoms with van der Waals surface area (Å²) in [5, 5.41) is 0. The Morgan fingerprint density at radius 2 is 1.78 bits per heavy atom. The molecule has 0 aromatic heterocycles. The third kappa shape index (κ3) is 2.51. The van der Waals surface area contributed by atoms with Gasteiger partial charge in [0.2, 0.25) is 0 Å². The highest BCUT2D eigenvalue weighted by molar-refractivity contribution is 5.56. The van der Waals surface area contributed by atoms with Crippen molar-refractivity contribution in [2.75, 3.05) is 12.8 Å². The minimum absolute atomic E-state index is 0.195. The van der Waals surface area contributed by atoms with E-state index in [1.807, 2.05) is 0 Å². The van der Waals surface area contributed by atoms with Crippen molar-refractivity contribution in [2.45, 2.75) is 0 Å². The van der Waals surface area contributed by atoms with Crippen LogP contribution < -0.4 is 15.2 Å². The second-order valence-corrected chi connectivity index (χ2v) is 3.58. The van der Waals surface area contributed by atoms with E-state index in [2.05, 4.69) is 0 Å². The summed E-state index contributed by atoms with van der Waals surface area (Å²) in [7, 11) is 1.48. The van der Waals surface area contributed by atoms with Gasteiger partial charge in [0.05, 0.1) is 12.8 Å². The summed E-state index contributed by atoms with van der Waals surface area (Å²) in [5.74, 6) is -0.627. The molecule has 2 aromatic carbocycles. The fourth-order valence-electron chi connectivity index (χ4n) is 1.46. The zero-order valence-corrected chi connectivity index (χ0v) is 9.61. The summed E-state index contributed by atoms with van der Waals surface area (Å²) < 4.78 is 36.5. The number of hydrogen-bond acceptors (Lipinski definition) is 3. The van der Waals surface area contributed by atoms with Crippen molar-refractivity contribution in [3.05, 3.63) is 48.0 Å². The Labute approximate surface area is 103 Å².